The van der Waals surface area contributed by atoms with Gasteiger partial charge < -0.3 is 16.2 Å². The van der Waals surface area contributed by atoms with E-state index in [1.165, 1.54) is 6.33 Å². The van der Waals surface area contributed by atoms with Gasteiger partial charge in [-0.2, -0.15) is 5.10 Å². The number of hydrogen-bond donors (Lipinski definition) is 2. The van der Waals surface area contributed by atoms with Gasteiger partial charge in [0.25, 0.3) is 0 Å². The first-order chi connectivity index (χ1) is 11.7. The largest absolute Gasteiger partial charge is 0.399 e. The van der Waals surface area contributed by atoms with E-state index < -0.39 is 0 Å². The third kappa shape index (κ3) is 2.68. The van der Waals surface area contributed by atoms with Gasteiger partial charge in [-0.05, 0) is 23.8 Å². The molecule has 1 aliphatic rings. The molecule has 0 amide bonds. The zero-order valence-corrected chi connectivity index (χ0v) is 13.4. The monoisotopic (exact) mass is 324 g/mol. The van der Waals surface area contributed by atoms with Crippen LogP contribution < -0.4 is 11.5 Å². The van der Waals surface area contributed by atoms with E-state index in [1.54, 1.807) is 0 Å². The summed E-state index contributed by atoms with van der Waals surface area (Å²) in [6, 6.07) is 9.91. The van der Waals surface area contributed by atoms with Gasteiger partial charge in [0.05, 0.1) is 18.9 Å². The summed E-state index contributed by atoms with van der Waals surface area (Å²) in [5.41, 5.74) is 16.7. The summed E-state index contributed by atoms with van der Waals surface area (Å²) >= 11 is 0. The van der Waals surface area contributed by atoms with Crippen molar-refractivity contribution >= 4 is 17.0 Å². The highest BCUT2D eigenvalue weighted by atomic mass is 16.5. The maximum Gasteiger partial charge on any atom is 0.151 e. The molecule has 3 heterocycles. The van der Waals surface area contributed by atoms with Crippen LogP contribution in [0.4, 0.5) is 11.5 Å². The Hall–Kier alpha value is -2.64. The molecule has 1 saturated heterocycles. The molecular formula is C17H20N6O. The lowest BCUT2D eigenvalue weighted by Crippen LogP contribution is -2.36. The zero-order chi connectivity index (χ0) is 16.5. The first kappa shape index (κ1) is 14.9. The standard InChI is InChI=1S/C17H20N6O/c18-13-3-1-12(2-4-13)15-9-14(10-22-5-7-24-8-6-22)23-16(15)17(19)20-11-21-23/h1-4,9,11H,5-8,10,18H2,(H2,19,20,21). The van der Waals surface area contributed by atoms with Crippen molar-refractivity contribution in [3.8, 4) is 11.1 Å². The fraction of sp³-hybridized carbons (Fsp3) is 0.294. The summed E-state index contributed by atoms with van der Waals surface area (Å²) in [6.07, 6.45) is 1.50. The first-order valence-corrected chi connectivity index (χ1v) is 7.99. The Labute approximate surface area is 139 Å². The molecule has 0 atom stereocenters. The Morgan fingerprint density at radius 1 is 1.08 bits per heavy atom. The van der Waals surface area contributed by atoms with Crippen LogP contribution in [-0.2, 0) is 11.3 Å². The normalized spacial score (nSPS) is 15.8. The van der Waals surface area contributed by atoms with Gasteiger partial charge in [-0.15, -0.1) is 0 Å². The Balaban J connectivity index is 1.80. The fourth-order valence-corrected chi connectivity index (χ4v) is 3.12. The Morgan fingerprint density at radius 3 is 2.58 bits per heavy atom. The molecule has 24 heavy (non-hydrogen) atoms. The summed E-state index contributed by atoms with van der Waals surface area (Å²) in [4.78, 5) is 6.52. The highest BCUT2D eigenvalue weighted by molar-refractivity contribution is 5.88. The molecule has 2 aromatic heterocycles. The van der Waals surface area contributed by atoms with Crippen LogP contribution in [0.1, 0.15) is 5.69 Å². The van der Waals surface area contributed by atoms with E-state index in [-0.39, 0.29) is 0 Å². The number of ether oxygens (including phenoxy) is 1. The minimum absolute atomic E-state index is 0.477. The molecule has 124 valence electrons. The second kappa shape index (κ2) is 6.10. The first-order valence-electron chi connectivity index (χ1n) is 7.99. The molecule has 4 rings (SSSR count). The molecule has 0 spiro atoms. The number of fused-ring (bicyclic) bond motifs is 1. The number of morpholine rings is 1. The lowest BCUT2D eigenvalue weighted by Gasteiger charge is -2.26. The second-order valence-corrected chi connectivity index (χ2v) is 5.97. The molecule has 1 aliphatic heterocycles. The Morgan fingerprint density at radius 2 is 1.83 bits per heavy atom. The van der Waals surface area contributed by atoms with Crippen LogP contribution in [0.2, 0.25) is 0 Å². The van der Waals surface area contributed by atoms with Gasteiger partial charge in [0.2, 0.25) is 0 Å². The molecule has 1 fully saturated rings. The third-order valence-corrected chi connectivity index (χ3v) is 4.37. The Bertz CT molecular complexity index is 851. The van der Waals surface area contributed by atoms with Crippen molar-refractivity contribution in [1.29, 1.82) is 0 Å². The molecule has 0 saturated carbocycles. The molecule has 0 aliphatic carbocycles. The molecule has 0 bridgehead atoms. The van der Waals surface area contributed by atoms with Crippen LogP contribution in [0.5, 0.6) is 0 Å². The van der Waals surface area contributed by atoms with E-state index in [2.05, 4.69) is 21.0 Å². The number of hydrogen-bond acceptors (Lipinski definition) is 6. The van der Waals surface area contributed by atoms with Crippen LogP contribution in [0, 0.1) is 0 Å². The molecule has 1 aromatic carbocycles. The molecule has 7 heteroatoms. The number of nitrogen functional groups attached to an aromatic ring is 2. The van der Waals surface area contributed by atoms with Crippen molar-refractivity contribution < 1.29 is 4.74 Å². The van der Waals surface area contributed by atoms with Crippen molar-refractivity contribution in [2.45, 2.75) is 6.54 Å². The average Bonchev–Trinajstić information content (AvgIpc) is 2.97. The van der Waals surface area contributed by atoms with Crippen LogP contribution in [-0.4, -0.2) is 45.8 Å². The van der Waals surface area contributed by atoms with E-state index in [0.29, 0.717) is 5.82 Å². The number of nitrogens with two attached hydrogens (primary N) is 2. The topological polar surface area (TPSA) is 94.7 Å². The van der Waals surface area contributed by atoms with Gasteiger partial charge >= 0.3 is 0 Å². The maximum atomic E-state index is 6.14. The number of nitrogens with zero attached hydrogens (tertiary/aromatic N) is 4. The summed E-state index contributed by atoms with van der Waals surface area (Å²) in [5, 5.41) is 4.41. The quantitative estimate of drug-likeness (QED) is 0.707. The van der Waals surface area contributed by atoms with Crippen molar-refractivity contribution in [2.24, 2.45) is 0 Å². The van der Waals surface area contributed by atoms with E-state index in [0.717, 1.165) is 60.9 Å². The highest BCUT2D eigenvalue weighted by Gasteiger charge is 2.18. The third-order valence-electron chi connectivity index (χ3n) is 4.37. The van der Waals surface area contributed by atoms with E-state index >= 15 is 0 Å². The molecule has 3 aromatic rings. The van der Waals surface area contributed by atoms with E-state index in [9.17, 15) is 0 Å². The number of aromatic nitrogens is 3. The molecule has 7 nitrogen and oxygen atoms in total. The molecule has 0 unspecified atom stereocenters. The van der Waals surface area contributed by atoms with Gasteiger partial charge in [-0.3, -0.25) is 4.90 Å². The number of benzene rings is 1. The average molecular weight is 324 g/mol. The predicted octanol–water partition coefficient (Wildman–Crippen LogP) is 1.39. The van der Waals surface area contributed by atoms with Crippen LogP contribution >= 0.6 is 0 Å². The fourth-order valence-electron chi connectivity index (χ4n) is 3.12. The van der Waals surface area contributed by atoms with Crippen LogP contribution in [0.25, 0.3) is 16.6 Å². The van der Waals surface area contributed by atoms with Crippen molar-refractivity contribution in [3.05, 3.63) is 42.4 Å². The van der Waals surface area contributed by atoms with Crippen molar-refractivity contribution in [1.82, 2.24) is 19.5 Å². The minimum Gasteiger partial charge on any atom is -0.399 e. The lowest BCUT2D eigenvalue weighted by atomic mass is 10.1. The predicted molar refractivity (Wildman–Crippen MR) is 93.3 cm³/mol. The van der Waals surface area contributed by atoms with E-state index in [1.807, 2.05) is 28.8 Å². The summed E-state index contributed by atoms with van der Waals surface area (Å²) in [7, 11) is 0. The van der Waals surface area contributed by atoms with Gasteiger partial charge in [0, 0.05) is 30.9 Å². The van der Waals surface area contributed by atoms with Crippen LogP contribution in [0.15, 0.2) is 36.7 Å². The smallest absolute Gasteiger partial charge is 0.151 e. The van der Waals surface area contributed by atoms with Gasteiger partial charge in [0.15, 0.2) is 5.82 Å². The van der Waals surface area contributed by atoms with Crippen LogP contribution in [0.3, 0.4) is 0 Å². The summed E-state index contributed by atoms with van der Waals surface area (Å²) in [6.45, 7) is 4.18. The summed E-state index contributed by atoms with van der Waals surface area (Å²) in [5.74, 6) is 0.477. The lowest BCUT2D eigenvalue weighted by molar-refractivity contribution is 0.0334. The molecule has 0 radical (unpaired) electrons. The SMILES string of the molecule is Nc1ccc(-c2cc(CN3CCOCC3)n3ncnc(N)c23)cc1. The second-order valence-electron chi connectivity index (χ2n) is 5.97. The van der Waals surface area contributed by atoms with E-state index in [4.69, 9.17) is 16.2 Å². The number of anilines is 2. The molecular weight excluding hydrogens is 304 g/mol. The maximum absolute atomic E-state index is 6.14. The summed E-state index contributed by atoms with van der Waals surface area (Å²) < 4.78 is 7.32. The molecule has 4 N–H and O–H groups in total. The highest BCUT2D eigenvalue weighted by Crippen LogP contribution is 2.31. The Kier molecular flexibility index (Phi) is 3.79. The van der Waals surface area contributed by atoms with Gasteiger partial charge in [-0.25, -0.2) is 9.50 Å². The number of rotatable bonds is 3. The van der Waals surface area contributed by atoms with Crippen molar-refractivity contribution in [3.63, 3.8) is 0 Å². The van der Waals surface area contributed by atoms with Gasteiger partial charge in [-0.1, -0.05) is 12.1 Å². The van der Waals surface area contributed by atoms with Gasteiger partial charge in [0.1, 0.15) is 11.8 Å². The zero-order valence-electron chi connectivity index (χ0n) is 13.4. The van der Waals surface area contributed by atoms with Crippen molar-refractivity contribution in [2.75, 3.05) is 37.8 Å². The minimum atomic E-state index is 0.477.